The van der Waals surface area contributed by atoms with E-state index in [1.54, 1.807) is 13.8 Å². The monoisotopic (exact) mass is 276 g/mol. The fourth-order valence-corrected chi connectivity index (χ4v) is 3.27. The molecule has 0 aliphatic heterocycles. The third-order valence-electron chi connectivity index (χ3n) is 2.52. The Labute approximate surface area is 106 Å². The number of hydrogen-bond donors (Lipinski definition) is 1. The molecule has 0 saturated heterocycles. The first-order valence-corrected chi connectivity index (χ1v) is 7.29. The summed E-state index contributed by atoms with van der Waals surface area (Å²) in [6, 6.07) is 5.10. The molecule has 0 aliphatic rings. The molecule has 4 nitrogen and oxygen atoms in total. The number of halogens is 1. The van der Waals surface area contributed by atoms with Crippen LogP contribution >= 0.6 is 7.60 Å². The highest BCUT2D eigenvalue weighted by Gasteiger charge is 2.47. The van der Waals surface area contributed by atoms with Crippen molar-refractivity contribution in [3.63, 3.8) is 0 Å². The molecule has 1 aromatic rings. The second-order valence-electron chi connectivity index (χ2n) is 3.86. The number of benzene rings is 1. The summed E-state index contributed by atoms with van der Waals surface area (Å²) in [5.74, 6) is -0.433. The fraction of sp³-hybridized carbons (Fsp3) is 0.500. The highest BCUT2D eigenvalue weighted by atomic mass is 31.2. The van der Waals surface area contributed by atoms with Crippen LogP contribution in [0, 0.1) is 5.82 Å². The van der Waals surface area contributed by atoms with E-state index in [4.69, 9.17) is 9.05 Å². The summed E-state index contributed by atoms with van der Waals surface area (Å²) in [7, 11) is -3.73. The first-order chi connectivity index (χ1) is 8.37. The van der Waals surface area contributed by atoms with Crippen LogP contribution < -0.4 is 0 Å². The molecular formula is C12H18FO4P. The lowest BCUT2D eigenvalue weighted by atomic mass is 10.1. The minimum absolute atomic E-state index is 0.147. The van der Waals surface area contributed by atoms with Crippen molar-refractivity contribution in [1.82, 2.24) is 0 Å². The van der Waals surface area contributed by atoms with Crippen LogP contribution in [-0.4, -0.2) is 18.3 Å². The van der Waals surface area contributed by atoms with Crippen molar-refractivity contribution in [2.75, 3.05) is 13.2 Å². The summed E-state index contributed by atoms with van der Waals surface area (Å²) >= 11 is 0. The number of aliphatic hydroxyl groups is 1. The maximum atomic E-state index is 12.9. The van der Waals surface area contributed by atoms with Crippen LogP contribution in [0.3, 0.4) is 0 Å². The van der Waals surface area contributed by atoms with Crippen molar-refractivity contribution in [1.29, 1.82) is 0 Å². The van der Waals surface area contributed by atoms with Gasteiger partial charge in [0.25, 0.3) is 0 Å². The van der Waals surface area contributed by atoms with Gasteiger partial charge in [-0.1, -0.05) is 12.1 Å². The SMILES string of the molecule is CCOP(=O)(OCC)[C@@](C)(O)c1ccc(F)cc1. The Bertz CT molecular complexity index is 420. The third-order valence-corrected chi connectivity index (χ3v) is 5.04. The molecule has 1 atom stereocenters. The van der Waals surface area contributed by atoms with Crippen molar-refractivity contribution < 1.29 is 23.1 Å². The maximum absolute atomic E-state index is 12.9. The Kier molecular flexibility index (Phi) is 5.05. The quantitative estimate of drug-likeness (QED) is 0.810. The van der Waals surface area contributed by atoms with E-state index in [1.807, 2.05) is 0 Å². The van der Waals surface area contributed by atoms with Gasteiger partial charge in [-0.15, -0.1) is 0 Å². The van der Waals surface area contributed by atoms with E-state index in [0.29, 0.717) is 0 Å². The summed E-state index contributed by atoms with van der Waals surface area (Å²) in [6.45, 7) is 4.95. The van der Waals surface area contributed by atoms with Crippen molar-refractivity contribution in [2.45, 2.75) is 26.1 Å². The van der Waals surface area contributed by atoms with E-state index < -0.39 is 18.8 Å². The van der Waals surface area contributed by atoms with Gasteiger partial charge < -0.3 is 14.2 Å². The van der Waals surface area contributed by atoms with Crippen LogP contribution in [0.15, 0.2) is 24.3 Å². The van der Waals surface area contributed by atoms with Crippen LogP contribution in [0.4, 0.5) is 4.39 Å². The molecule has 0 aromatic heterocycles. The van der Waals surface area contributed by atoms with Gasteiger partial charge in [0.15, 0.2) is 5.34 Å². The van der Waals surface area contributed by atoms with Crippen LogP contribution in [0.5, 0.6) is 0 Å². The molecule has 0 heterocycles. The molecule has 0 saturated carbocycles. The van der Waals surface area contributed by atoms with Gasteiger partial charge in [-0.05, 0) is 38.5 Å². The predicted octanol–water partition coefficient (Wildman–Crippen LogP) is 3.26. The Morgan fingerprint density at radius 1 is 1.22 bits per heavy atom. The molecule has 1 aromatic carbocycles. The molecule has 0 unspecified atom stereocenters. The highest BCUT2D eigenvalue weighted by molar-refractivity contribution is 7.54. The molecule has 0 bridgehead atoms. The molecule has 102 valence electrons. The topological polar surface area (TPSA) is 55.8 Å². The first kappa shape index (κ1) is 15.3. The molecule has 6 heteroatoms. The lowest BCUT2D eigenvalue weighted by molar-refractivity contribution is 0.0802. The molecule has 0 amide bonds. The van der Waals surface area contributed by atoms with Crippen molar-refractivity contribution >= 4 is 7.60 Å². The lowest BCUT2D eigenvalue weighted by Crippen LogP contribution is -2.24. The molecule has 0 fully saturated rings. The normalized spacial score (nSPS) is 15.4. The summed E-state index contributed by atoms with van der Waals surface area (Å²) < 4.78 is 35.6. The number of rotatable bonds is 6. The molecule has 0 spiro atoms. The molecule has 1 N–H and O–H groups in total. The highest BCUT2D eigenvalue weighted by Crippen LogP contribution is 2.63. The van der Waals surface area contributed by atoms with Gasteiger partial charge in [0.05, 0.1) is 13.2 Å². The Balaban J connectivity index is 3.15. The Morgan fingerprint density at radius 3 is 2.06 bits per heavy atom. The Hall–Kier alpha value is -0.740. The van der Waals surface area contributed by atoms with Gasteiger partial charge in [0, 0.05) is 0 Å². The van der Waals surface area contributed by atoms with Crippen molar-refractivity contribution in [2.24, 2.45) is 0 Å². The average Bonchev–Trinajstić information content (AvgIpc) is 2.30. The van der Waals surface area contributed by atoms with Gasteiger partial charge in [-0.2, -0.15) is 0 Å². The van der Waals surface area contributed by atoms with Gasteiger partial charge in [-0.3, -0.25) is 4.57 Å². The van der Waals surface area contributed by atoms with E-state index in [1.165, 1.54) is 31.2 Å². The minimum atomic E-state index is -3.73. The lowest BCUT2D eigenvalue weighted by Gasteiger charge is -2.31. The van der Waals surface area contributed by atoms with Gasteiger partial charge in [0.2, 0.25) is 0 Å². The zero-order valence-corrected chi connectivity index (χ0v) is 11.6. The maximum Gasteiger partial charge on any atom is 0.366 e. The minimum Gasteiger partial charge on any atom is -0.373 e. The second-order valence-corrected chi connectivity index (χ2v) is 6.24. The zero-order valence-electron chi connectivity index (χ0n) is 10.7. The summed E-state index contributed by atoms with van der Waals surface area (Å²) in [6.07, 6.45) is 0. The average molecular weight is 276 g/mol. The van der Waals surface area contributed by atoms with Crippen molar-refractivity contribution in [3.05, 3.63) is 35.6 Å². The van der Waals surface area contributed by atoms with Gasteiger partial charge >= 0.3 is 7.60 Å². The molecule has 0 radical (unpaired) electrons. The Morgan fingerprint density at radius 2 is 1.67 bits per heavy atom. The van der Waals surface area contributed by atoms with Gasteiger partial charge in [-0.25, -0.2) is 4.39 Å². The van der Waals surface area contributed by atoms with Crippen molar-refractivity contribution in [3.8, 4) is 0 Å². The molecule has 18 heavy (non-hydrogen) atoms. The van der Waals surface area contributed by atoms with Crippen LogP contribution in [0.25, 0.3) is 0 Å². The van der Waals surface area contributed by atoms with E-state index in [9.17, 15) is 14.1 Å². The standard InChI is InChI=1S/C12H18FO4P/c1-4-16-18(15,17-5-2)12(3,14)10-6-8-11(13)9-7-10/h6-9,14H,4-5H2,1-3H3/t12-/m1/s1. The molecule has 1 rings (SSSR count). The third kappa shape index (κ3) is 2.98. The van der Waals surface area contributed by atoms with Crippen LogP contribution in [0.2, 0.25) is 0 Å². The van der Waals surface area contributed by atoms with Crippen LogP contribution in [-0.2, 0) is 19.0 Å². The van der Waals surface area contributed by atoms with E-state index in [2.05, 4.69) is 0 Å². The van der Waals surface area contributed by atoms with E-state index in [-0.39, 0.29) is 18.8 Å². The first-order valence-electron chi connectivity index (χ1n) is 5.75. The van der Waals surface area contributed by atoms with Gasteiger partial charge in [0.1, 0.15) is 5.82 Å². The summed E-state index contributed by atoms with van der Waals surface area (Å²) in [5.41, 5.74) is 0.286. The largest absolute Gasteiger partial charge is 0.373 e. The van der Waals surface area contributed by atoms with E-state index in [0.717, 1.165) is 0 Å². The smallest absolute Gasteiger partial charge is 0.366 e. The van der Waals surface area contributed by atoms with E-state index >= 15 is 0 Å². The summed E-state index contributed by atoms with van der Waals surface area (Å²) in [5, 5.41) is 8.61. The molecule has 0 aliphatic carbocycles. The summed E-state index contributed by atoms with van der Waals surface area (Å²) in [4.78, 5) is 0. The zero-order chi connectivity index (χ0) is 13.8. The number of hydrogen-bond acceptors (Lipinski definition) is 4. The second kappa shape index (κ2) is 5.93. The fourth-order valence-electron chi connectivity index (χ4n) is 1.55. The molecular weight excluding hydrogens is 258 g/mol. The van der Waals surface area contributed by atoms with Crippen LogP contribution in [0.1, 0.15) is 26.3 Å². The predicted molar refractivity (Wildman–Crippen MR) is 66.8 cm³/mol.